The van der Waals surface area contributed by atoms with Crippen molar-refractivity contribution in [3.8, 4) is 0 Å². The van der Waals surface area contributed by atoms with Gasteiger partial charge in [0.15, 0.2) is 0 Å². The van der Waals surface area contributed by atoms with Crippen LogP contribution in [0.4, 0.5) is 0 Å². The van der Waals surface area contributed by atoms with Crippen LogP contribution < -0.4 is 5.73 Å². The molecule has 0 heterocycles. The van der Waals surface area contributed by atoms with Gasteiger partial charge in [0.1, 0.15) is 12.2 Å². The summed E-state index contributed by atoms with van der Waals surface area (Å²) >= 11 is 0. The smallest absolute Gasteiger partial charge is 0.120 e. The van der Waals surface area contributed by atoms with Gasteiger partial charge in [0.05, 0.1) is 0 Å². The predicted molar refractivity (Wildman–Crippen MR) is 36.0 cm³/mol. The Balaban J connectivity index is 3.69. The zero-order valence-electron chi connectivity index (χ0n) is 4.83. The van der Waals surface area contributed by atoms with E-state index in [2.05, 4.69) is 16.7 Å². The van der Waals surface area contributed by atoms with Crippen molar-refractivity contribution in [2.45, 2.75) is 6.92 Å². The summed E-state index contributed by atoms with van der Waals surface area (Å²) in [6, 6.07) is 0. The lowest BCUT2D eigenvalue weighted by molar-refractivity contribution is 1.23. The zero-order chi connectivity index (χ0) is 6.41. The molecule has 0 aliphatic heterocycles. The number of nitrogens with zero attached hydrogens (tertiary/aromatic N) is 2. The minimum absolute atomic E-state index is 0.456. The van der Waals surface area contributed by atoms with Crippen LogP contribution in [0.2, 0.25) is 0 Å². The number of hydrogen-bond acceptors (Lipinski definition) is 2. The van der Waals surface area contributed by atoms with E-state index >= 15 is 0 Å². The molecule has 44 valence electrons. The van der Waals surface area contributed by atoms with Crippen molar-refractivity contribution < 1.29 is 0 Å². The fourth-order valence-corrected chi connectivity index (χ4v) is 0.182. The van der Waals surface area contributed by atoms with Gasteiger partial charge in [-0.25, -0.2) is 4.99 Å². The van der Waals surface area contributed by atoms with Gasteiger partial charge in [-0.2, -0.15) is 0 Å². The van der Waals surface area contributed by atoms with Gasteiger partial charge < -0.3 is 5.73 Å². The van der Waals surface area contributed by atoms with Crippen molar-refractivity contribution in [2.24, 2.45) is 15.7 Å². The van der Waals surface area contributed by atoms with Crippen molar-refractivity contribution >= 4 is 13.1 Å². The van der Waals surface area contributed by atoms with E-state index in [1.807, 2.05) is 0 Å². The van der Waals surface area contributed by atoms with Crippen LogP contribution in [0.5, 0.6) is 0 Å². The Morgan fingerprint density at radius 2 is 2.38 bits per heavy atom. The highest BCUT2D eigenvalue weighted by Gasteiger charge is 1.72. The molecule has 0 bridgehead atoms. The molecule has 0 aromatic heterocycles. The van der Waals surface area contributed by atoms with Gasteiger partial charge in [0.25, 0.3) is 0 Å². The third-order valence-corrected chi connectivity index (χ3v) is 0.584. The highest BCUT2D eigenvalue weighted by Crippen LogP contribution is 1.80. The first-order valence-corrected chi connectivity index (χ1v) is 2.21. The van der Waals surface area contributed by atoms with Crippen LogP contribution in [-0.4, -0.2) is 13.1 Å². The molecule has 0 spiro atoms. The first-order chi connectivity index (χ1) is 3.81. The maximum absolute atomic E-state index is 5.23. The summed E-state index contributed by atoms with van der Waals surface area (Å²) in [6.07, 6.45) is 2.98. The van der Waals surface area contributed by atoms with Gasteiger partial charge in [0, 0.05) is 0 Å². The maximum atomic E-state index is 5.23. The third-order valence-electron chi connectivity index (χ3n) is 0.584. The van der Waals surface area contributed by atoms with Crippen LogP contribution in [0.15, 0.2) is 21.9 Å². The Morgan fingerprint density at radius 1 is 1.75 bits per heavy atom. The molecule has 0 saturated heterocycles. The fourth-order valence-electron chi connectivity index (χ4n) is 0.182. The summed E-state index contributed by atoms with van der Waals surface area (Å²) < 4.78 is 0. The second-order valence-electron chi connectivity index (χ2n) is 1.14. The highest BCUT2D eigenvalue weighted by molar-refractivity contribution is 5.63. The van der Waals surface area contributed by atoms with Gasteiger partial charge in [-0.05, 0) is 19.7 Å². The molecule has 3 heteroatoms. The molecule has 0 aromatic rings. The Morgan fingerprint density at radius 3 is 2.75 bits per heavy atom. The standard InChI is InChI=1S/C5H9N3/c1-3-5(6)8-4-7-2/h3-4H,2,6H2,1H3/b5-3-,8-4-. The first kappa shape index (κ1) is 6.88. The normalized spacial score (nSPS) is 12.4. The number of aliphatic imine (C=N–C) groups is 2. The fraction of sp³-hybridized carbons (Fsp3) is 0.200. The van der Waals surface area contributed by atoms with E-state index in [0.717, 1.165) is 0 Å². The van der Waals surface area contributed by atoms with Crippen LogP contribution in [0.3, 0.4) is 0 Å². The largest absolute Gasteiger partial charge is 0.384 e. The summed E-state index contributed by atoms with van der Waals surface area (Å²) in [5.74, 6) is 0.456. The van der Waals surface area contributed by atoms with Crippen molar-refractivity contribution in [2.75, 3.05) is 0 Å². The second kappa shape index (κ2) is 4.05. The molecule has 0 aliphatic carbocycles. The quantitative estimate of drug-likeness (QED) is 0.410. The molecule has 0 aliphatic rings. The number of nitrogens with two attached hydrogens (primary N) is 1. The van der Waals surface area contributed by atoms with E-state index in [1.54, 1.807) is 13.0 Å². The molecular weight excluding hydrogens is 102 g/mol. The number of allylic oxidation sites excluding steroid dienone is 1. The molecule has 0 radical (unpaired) electrons. The Labute approximate surface area is 48.6 Å². The Bertz CT molecular complexity index is 124. The van der Waals surface area contributed by atoms with Crippen LogP contribution in [0.1, 0.15) is 6.92 Å². The predicted octanol–water partition coefficient (Wildman–Crippen LogP) is 0.535. The van der Waals surface area contributed by atoms with E-state index in [1.165, 1.54) is 6.34 Å². The van der Waals surface area contributed by atoms with Gasteiger partial charge in [0.2, 0.25) is 0 Å². The lowest BCUT2D eigenvalue weighted by atomic mass is 10.6. The molecule has 8 heavy (non-hydrogen) atoms. The van der Waals surface area contributed by atoms with E-state index in [4.69, 9.17) is 5.73 Å². The highest BCUT2D eigenvalue weighted by atomic mass is 14.9. The summed E-state index contributed by atoms with van der Waals surface area (Å²) in [4.78, 5) is 7.01. The topological polar surface area (TPSA) is 50.7 Å². The first-order valence-electron chi connectivity index (χ1n) is 2.21. The van der Waals surface area contributed by atoms with Gasteiger partial charge >= 0.3 is 0 Å². The molecular formula is C5H9N3. The van der Waals surface area contributed by atoms with Crippen LogP contribution >= 0.6 is 0 Å². The summed E-state index contributed by atoms with van der Waals surface area (Å²) in [7, 11) is 0. The molecule has 0 aromatic carbocycles. The monoisotopic (exact) mass is 111 g/mol. The molecule has 0 unspecified atom stereocenters. The van der Waals surface area contributed by atoms with Crippen LogP contribution in [0.25, 0.3) is 0 Å². The molecule has 0 amide bonds. The average Bonchev–Trinajstić information content (AvgIpc) is 1.83. The van der Waals surface area contributed by atoms with Crippen LogP contribution in [-0.2, 0) is 0 Å². The van der Waals surface area contributed by atoms with E-state index in [9.17, 15) is 0 Å². The third kappa shape index (κ3) is 3.08. The minimum Gasteiger partial charge on any atom is -0.384 e. The summed E-state index contributed by atoms with van der Waals surface area (Å²) in [5, 5.41) is 0. The lowest BCUT2D eigenvalue weighted by Crippen LogP contribution is -1.91. The lowest BCUT2D eigenvalue weighted by Gasteiger charge is -1.83. The van der Waals surface area contributed by atoms with E-state index < -0.39 is 0 Å². The molecule has 0 fully saturated rings. The molecule has 2 N–H and O–H groups in total. The summed E-state index contributed by atoms with van der Waals surface area (Å²) in [5.41, 5.74) is 5.23. The molecule has 0 saturated carbocycles. The van der Waals surface area contributed by atoms with Crippen molar-refractivity contribution in [1.82, 2.24) is 0 Å². The van der Waals surface area contributed by atoms with Gasteiger partial charge in [-0.1, -0.05) is 0 Å². The Hall–Kier alpha value is -1.12. The van der Waals surface area contributed by atoms with Crippen molar-refractivity contribution in [1.29, 1.82) is 0 Å². The van der Waals surface area contributed by atoms with Crippen molar-refractivity contribution in [3.05, 3.63) is 11.9 Å². The van der Waals surface area contributed by atoms with Gasteiger partial charge in [-0.3, -0.25) is 4.99 Å². The molecule has 0 rings (SSSR count). The van der Waals surface area contributed by atoms with Crippen molar-refractivity contribution in [3.63, 3.8) is 0 Å². The van der Waals surface area contributed by atoms with Gasteiger partial charge in [-0.15, -0.1) is 0 Å². The second-order valence-corrected chi connectivity index (χ2v) is 1.14. The van der Waals surface area contributed by atoms with E-state index in [0.29, 0.717) is 5.82 Å². The molecule has 0 atom stereocenters. The molecule has 3 nitrogen and oxygen atoms in total. The SMILES string of the molecule is C=N/C=N\C(N)=C/C. The number of rotatable bonds is 2. The maximum Gasteiger partial charge on any atom is 0.120 e. The van der Waals surface area contributed by atoms with Crippen LogP contribution in [0, 0.1) is 0 Å². The average molecular weight is 111 g/mol. The van der Waals surface area contributed by atoms with E-state index in [-0.39, 0.29) is 0 Å². The Kier molecular flexibility index (Phi) is 3.48. The zero-order valence-corrected chi connectivity index (χ0v) is 4.83. The minimum atomic E-state index is 0.456. The summed E-state index contributed by atoms with van der Waals surface area (Å²) in [6.45, 7) is 4.99. The number of hydrogen-bond donors (Lipinski definition) is 1.